The number of nitrogens with one attached hydrogen (secondary N) is 2. The number of carbonyl (C=O) groups is 4. The van der Waals surface area contributed by atoms with E-state index in [1.54, 1.807) is 25.2 Å². The van der Waals surface area contributed by atoms with E-state index in [1.165, 1.54) is 36.4 Å². The monoisotopic (exact) mass is 433 g/mol. The topological polar surface area (TPSA) is 95.6 Å². The fourth-order valence-electron chi connectivity index (χ4n) is 3.12. The summed E-state index contributed by atoms with van der Waals surface area (Å²) in [5.41, 5.74) is 0.912. The maximum Gasteiger partial charge on any atom is 0.471 e. The van der Waals surface area contributed by atoms with Gasteiger partial charge in [-0.2, -0.15) is 13.2 Å². The zero-order valence-electron chi connectivity index (χ0n) is 16.5. The molecular formula is C21H18F3N3O4. The number of alkyl halides is 3. The molecule has 2 N–H and O–H groups in total. The molecule has 1 aliphatic rings. The minimum Gasteiger partial charge on any atom is -0.348 e. The molecule has 0 aliphatic carbocycles. The fourth-order valence-corrected chi connectivity index (χ4v) is 3.12. The van der Waals surface area contributed by atoms with Gasteiger partial charge in [0.1, 0.15) is 0 Å². The van der Waals surface area contributed by atoms with Crippen LogP contribution < -0.4 is 10.6 Å². The molecule has 0 bridgehead atoms. The Bertz CT molecular complexity index is 1080. The van der Waals surface area contributed by atoms with Crippen molar-refractivity contribution in [1.29, 1.82) is 0 Å². The highest BCUT2D eigenvalue weighted by Crippen LogP contribution is 2.26. The highest BCUT2D eigenvalue weighted by atomic mass is 19.4. The first-order valence-electron chi connectivity index (χ1n) is 9.26. The molecule has 31 heavy (non-hydrogen) atoms. The molecule has 0 fully saturated rings. The molecule has 1 heterocycles. The van der Waals surface area contributed by atoms with E-state index in [9.17, 15) is 32.3 Å². The van der Waals surface area contributed by atoms with Crippen LogP contribution in [0.5, 0.6) is 0 Å². The number of halogens is 3. The lowest BCUT2D eigenvalue weighted by atomic mass is 10.1. The minimum absolute atomic E-state index is 0.0311. The first kappa shape index (κ1) is 22.0. The molecule has 4 amide bonds. The van der Waals surface area contributed by atoms with Crippen molar-refractivity contribution in [3.63, 3.8) is 0 Å². The normalized spacial score (nSPS) is 13.4. The predicted molar refractivity (Wildman–Crippen MR) is 104 cm³/mol. The predicted octanol–water partition coefficient (Wildman–Crippen LogP) is 3.12. The summed E-state index contributed by atoms with van der Waals surface area (Å²) in [7, 11) is 0. The van der Waals surface area contributed by atoms with Gasteiger partial charge in [0, 0.05) is 23.8 Å². The van der Waals surface area contributed by atoms with Crippen LogP contribution in [-0.4, -0.2) is 40.7 Å². The number of rotatable bonds is 5. The van der Waals surface area contributed by atoms with Crippen LogP contribution in [0.15, 0.2) is 42.5 Å². The fraction of sp³-hybridized carbons (Fsp3) is 0.238. The van der Waals surface area contributed by atoms with E-state index in [4.69, 9.17) is 0 Å². The van der Waals surface area contributed by atoms with Crippen molar-refractivity contribution >= 4 is 29.3 Å². The van der Waals surface area contributed by atoms with Crippen LogP contribution in [0, 0.1) is 0 Å². The van der Waals surface area contributed by atoms with Crippen molar-refractivity contribution in [1.82, 2.24) is 10.2 Å². The lowest BCUT2D eigenvalue weighted by molar-refractivity contribution is -0.167. The summed E-state index contributed by atoms with van der Waals surface area (Å²) in [6.45, 7) is 3.39. The third-order valence-electron chi connectivity index (χ3n) is 4.59. The lowest BCUT2D eigenvalue weighted by Gasteiger charge is -2.17. The Morgan fingerprint density at radius 1 is 1.00 bits per heavy atom. The number of fused-ring (bicyclic) bond motifs is 1. The first-order chi connectivity index (χ1) is 14.5. The van der Waals surface area contributed by atoms with Gasteiger partial charge in [-0.05, 0) is 49.7 Å². The smallest absolute Gasteiger partial charge is 0.348 e. The second-order valence-corrected chi connectivity index (χ2v) is 7.17. The van der Waals surface area contributed by atoms with E-state index in [0.717, 1.165) is 4.90 Å². The van der Waals surface area contributed by atoms with Gasteiger partial charge in [0.2, 0.25) is 0 Å². The van der Waals surface area contributed by atoms with Crippen LogP contribution in [0.4, 0.5) is 18.9 Å². The van der Waals surface area contributed by atoms with Gasteiger partial charge in [-0.1, -0.05) is 12.1 Å². The molecule has 1 aliphatic heterocycles. The summed E-state index contributed by atoms with van der Waals surface area (Å²) in [4.78, 5) is 49.4. The molecule has 0 spiro atoms. The molecule has 162 valence electrons. The molecule has 0 aromatic heterocycles. The number of hydrogen-bond donors (Lipinski definition) is 2. The number of amides is 4. The summed E-state index contributed by atoms with van der Waals surface area (Å²) in [6.07, 6.45) is -5.01. The average Bonchev–Trinajstić information content (AvgIpc) is 2.95. The SMILES string of the molecule is CC(C)N1C(=O)c2ccc(C(=O)NCc3cccc(NC(=O)C(F)(F)F)c3)cc2C1=O. The van der Waals surface area contributed by atoms with E-state index in [1.807, 2.05) is 0 Å². The van der Waals surface area contributed by atoms with E-state index in [2.05, 4.69) is 5.32 Å². The summed E-state index contributed by atoms with van der Waals surface area (Å²) in [6, 6.07) is 9.45. The lowest BCUT2D eigenvalue weighted by Crippen LogP contribution is -2.35. The number of nitrogens with zero attached hydrogens (tertiary/aromatic N) is 1. The van der Waals surface area contributed by atoms with Crippen LogP contribution in [0.2, 0.25) is 0 Å². The summed E-state index contributed by atoms with van der Waals surface area (Å²) in [5, 5.41) is 4.33. The molecule has 0 saturated heterocycles. The molecule has 0 atom stereocenters. The minimum atomic E-state index is -5.01. The maximum absolute atomic E-state index is 12.5. The Labute approximate surface area is 175 Å². The van der Waals surface area contributed by atoms with Crippen molar-refractivity contribution in [2.75, 3.05) is 5.32 Å². The number of benzene rings is 2. The average molecular weight is 433 g/mol. The van der Waals surface area contributed by atoms with Crippen molar-refractivity contribution in [2.45, 2.75) is 32.6 Å². The van der Waals surface area contributed by atoms with Gasteiger partial charge in [-0.3, -0.25) is 24.1 Å². The molecule has 0 unspecified atom stereocenters. The zero-order valence-corrected chi connectivity index (χ0v) is 16.5. The van der Waals surface area contributed by atoms with E-state index in [-0.39, 0.29) is 35.0 Å². The molecule has 10 heteroatoms. The second-order valence-electron chi connectivity index (χ2n) is 7.17. The molecule has 2 aromatic carbocycles. The number of imide groups is 1. The van der Waals surface area contributed by atoms with Crippen LogP contribution in [0.3, 0.4) is 0 Å². The van der Waals surface area contributed by atoms with Crippen LogP contribution >= 0.6 is 0 Å². The highest BCUT2D eigenvalue weighted by molar-refractivity contribution is 6.22. The van der Waals surface area contributed by atoms with E-state index in [0.29, 0.717) is 5.56 Å². The Hall–Kier alpha value is -3.69. The summed E-state index contributed by atoms with van der Waals surface area (Å²) >= 11 is 0. The number of carbonyl (C=O) groups excluding carboxylic acids is 4. The molecule has 0 radical (unpaired) electrons. The highest BCUT2D eigenvalue weighted by Gasteiger charge is 2.39. The van der Waals surface area contributed by atoms with Gasteiger partial charge in [0.05, 0.1) is 11.1 Å². The molecule has 7 nitrogen and oxygen atoms in total. The Morgan fingerprint density at radius 2 is 1.68 bits per heavy atom. The third-order valence-corrected chi connectivity index (χ3v) is 4.59. The summed E-state index contributed by atoms with van der Waals surface area (Å²) < 4.78 is 37.1. The van der Waals surface area contributed by atoms with Gasteiger partial charge in [0.25, 0.3) is 17.7 Å². The molecular weight excluding hydrogens is 415 g/mol. The largest absolute Gasteiger partial charge is 0.471 e. The second kappa shape index (κ2) is 8.21. The number of hydrogen-bond acceptors (Lipinski definition) is 4. The van der Waals surface area contributed by atoms with Gasteiger partial charge in [0.15, 0.2) is 0 Å². The van der Waals surface area contributed by atoms with Crippen molar-refractivity contribution in [2.24, 2.45) is 0 Å². The third kappa shape index (κ3) is 4.57. The molecule has 2 aromatic rings. The first-order valence-corrected chi connectivity index (χ1v) is 9.26. The van der Waals surface area contributed by atoms with Gasteiger partial charge in [-0.25, -0.2) is 0 Å². The van der Waals surface area contributed by atoms with Crippen LogP contribution in [0.1, 0.15) is 50.5 Å². The van der Waals surface area contributed by atoms with Crippen LogP contribution in [0.25, 0.3) is 0 Å². The van der Waals surface area contributed by atoms with E-state index < -0.39 is 29.8 Å². The Balaban J connectivity index is 1.69. The van der Waals surface area contributed by atoms with Crippen molar-refractivity contribution in [3.8, 4) is 0 Å². The molecule has 3 rings (SSSR count). The zero-order chi connectivity index (χ0) is 22.9. The van der Waals surface area contributed by atoms with Crippen LogP contribution in [-0.2, 0) is 11.3 Å². The quantitative estimate of drug-likeness (QED) is 0.709. The summed E-state index contributed by atoms with van der Waals surface area (Å²) in [5.74, 6) is -3.52. The molecule has 0 saturated carbocycles. The van der Waals surface area contributed by atoms with Gasteiger partial charge in [-0.15, -0.1) is 0 Å². The van der Waals surface area contributed by atoms with Crippen molar-refractivity contribution in [3.05, 3.63) is 64.7 Å². The standard InChI is InChI=1S/C21H18F3N3O4/c1-11(2)27-18(29)15-7-6-13(9-16(15)19(27)30)17(28)25-10-12-4-3-5-14(8-12)26-20(31)21(22,23)24/h3-9,11H,10H2,1-2H3,(H,25,28)(H,26,31). The maximum atomic E-state index is 12.5. The number of anilines is 1. The Morgan fingerprint density at radius 3 is 2.32 bits per heavy atom. The van der Waals surface area contributed by atoms with E-state index >= 15 is 0 Å². The Kier molecular flexibility index (Phi) is 5.83. The van der Waals surface area contributed by atoms with Gasteiger partial charge >= 0.3 is 12.1 Å². The van der Waals surface area contributed by atoms with Crippen molar-refractivity contribution < 1.29 is 32.3 Å². The van der Waals surface area contributed by atoms with Gasteiger partial charge < -0.3 is 10.6 Å².